The van der Waals surface area contributed by atoms with E-state index < -0.39 is 5.91 Å². The van der Waals surface area contributed by atoms with Gasteiger partial charge in [-0.3, -0.25) is 10.1 Å². The maximum atomic E-state index is 12.2. The Morgan fingerprint density at radius 1 is 1.00 bits per heavy atom. The lowest BCUT2D eigenvalue weighted by atomic mass is 10.1. The van der Waals surface area contributed by atoms with Crippen molar-refractivity contribution in [3.63, 3.8) is 0 Å². The highest BCUT2D eigenvalue weighted by Crippen LogP contribution is 2.33. The number of allylic oxidation sites excluding steroid dienone is 2. The molecular formula is C34H39N10O3. The SMILES string of the molecule is [CH2]CCOc1cc(C(N)=O)cc2nc(Nc3oc(C)nc3CC)n(C/C=C/Cn3c(Nc4cc(C)nn4CC)nc4ccccc43)c12. The van der Waals surface area contributed by atoms with Crippen LogP contribution >= 0.6 is 0 Å². The van der Waals surface area contributed by atoms with E-state index in [1.54, 1.807) is 19.1 Å². The van der Waals surface area contributed by atoms with Crippen LogP contribution in [0.2, 0.25) is 0 Å². The number of imidazole rings is 2. The first-order valence-corrected chi connectivity index (χ1v) is 15.7. The number of carbonyl (C=O) groups is 1. The maximum Gasteiger partial charge on any atom is 0.248 e. The highest BCUT2D eigenvalue weighted by atomic mass is 16.5. The average Bonchev–Trinajstić information content (AvgIpc) is 3.80. The first-order valence-electron chi connectivity index (χ1n) is 15.7. The Bertz CT molecular complexity index is 2080. The number of rotatable bonds is 14. The maximum absolute atomic E-state index is 12.2. The Morgan fingerprint density at radius 3 is 2.49 bits per heavy atom. The monoisotopic (exact) mass is 635 g/mol. The third-order valence-corrected chi connectivity index (χ3v) is 7.70. The third kappa shape index (κ3) is 6.41. The summed E-state index contributed by atoms with van der Waals surface area (Å²) in [7, 11) is 0. The summed E-state index contributed by atoms with van der Waals surface area (Å²) in [4.78, 5) is 26.4. The second-order valence-corrected chi connectivity index (χ2v) is 11.1. The van der Waals surface area contributed by atoms with Crippen LogP contribution in [-0.2, 0) is 26.1 Å². The zero-order chi connectivity index (χ0) is 33.1. The summed E-state index contributed by atoms with van der Waals surface area (Å²) < 4.78 is 18.0. The van der Waals surface area contributed by atoms with Crippen LogP contribution in [0.4, 0.5) is 23.6 Å². The number of hydrogen-bond donors (Lipinski definition) is 3. The van der Waals surface area contributed by atoms with E-state index in [0.29, 0.717) is 72.6 Å². The summed E-state index contributed by atoms with van der Waals surface area (Å²) >= 11 is 0. The quantitative estimate of drug-likeness (QED) is 0.118. The van der Waals surface area contributed by atoms with Gasteiger partial charge in [0.05, 0.1) is 28.9 Å². The molecule has 0 aliphatic carbocycles. The van der Waals surface area contributed by atoms with E-state index in [-0.39, 0.29) is 0 Å². The zero-order valence-electron chi connectivity index (χ0n) is 27.1. The predicted molar refractivity (Wildman–Crippen MR) is 182 cm³/mol. The summed E-state index contributed by atoms with van der Waals surface area (Å²) in [5.74, 6) is 3.11. The summed E-state index contributed by atoms with van der Waals surface area (Å²) in [6, 6.07) is 13.4. The first kappa shape index (κ1) is 31.4. The molecule has 6 rings (SSSR count). The minimum Gasteiger partial charge on any atom is -0.491 e. The molecule has 47 heavy (non-hydrogen) atoms. The van der Waals surface area contributed by atoms with Gasteiger partial charge >= 0.3 is 0 Å². The smallest absolute Gasteiger partial charge is 0.248 e. The van der Waals surface area contributed by atoms with E-state index in [2.05, 4.69) is 57.3 Å². The van der Waals surface area contributed by atoms with Crippen LogP contribution in [0.3, 0.4) is 0 Å². The molecule has 0 unspecified atom stereocenters. The Labute approximate surface area is 272 Å². The van der Waals surface area contributed by atoms with Crippen LogP contribution in [-0.4, -0.2) is 46.4 Å². The van der Waals surface area contributed by atoms with Crippen LogP contribution in [0.1, 0.15) is 47.9 Å². The van der Waals surface area contributed by atoms with Gasteiger partial charge in [0.1, 0.15) is 22.8 Å². The summed E-state index contributed by atoms with van der Waals surface area (Å²) in [5, 5.41) is 11.4. The number of amides is 1. The van der Waals surface area contributed by atoms with E-state index in [1.165, 1.54) is 0 Å². The van der Waals surface area contributed by atoms with Crippen LogP contribution < -0.4 is 21.1 Å². The fourth-order valence-corrected chi connectivity index (χ4v) is 5.56. The molecule has 1 radical (unpaired) electrons. The van der Waals surface area contributed by atoms with Crippen molar-refractivity contribution >= 4 is 51.6 Å². The molecule has 243 valence electrons. The van der Waals surface area contributed by atoms with Crippen molar-refractivity contribution in [2.75, 3.05) is 17.2 Å². The molecule has 4 heterocycles. The molecule has 13 heteroatoms. The van der Waals surface area contributed by atoms with E-state index in [4.69, 9.17) is 24.9 Å². The second-order valence-electron chi connectivity index (χ2n) is 11.1. The van der Waals surface area contributed by atoms with E-state index >= 15 is 0 Å². The number of aromatic nitrogens is 7. The number of fused-ring (bicyclic) bond motifs is 2. The molecule has 0 aliphatic heterocycles. The second kappa shape index (κ2) is 13.4. The molecule has 2 aromatic carbocycles. The van der Waals surface area contributed by atoms with Gasteiger partial charge in [0.15, 0.2) is 5.89 Å². The van der Waals surface area contributed by atoms with Crippen molar-refractivity contribution in [1.82, 2.24) is 33.9 Å². The molecule has 0 atom stereocenters. The van der Waals surface area contributed by atoms with Crippen molar-refractivity contribution in [2.45, 2.75) is 60.2 Å². The number of ether oxygens (including phenoxy) is 1. The highest BCUT2D eigenvalue weighted by Gasteiger charge is 2.20. The normalized spacial score (nSPS) is 11.7. The van der Waals surface area contributed by atoms with Gasteiger partial charge in [0.2, 0.25) is 23.7 Å². The van der Waals surface area contributed by atoms with Crippen LogP contribution in [0.5, 0.6) is 5.75 Å². The number of nitrogens with zero attached hydrogens (tertiary/aromatic N) is 7. The lowest BCUT2D eigenvalue weighted by molar-refractivity contribution is 0.1000. The molecule has 6 aromatic rings. The largest absolute Gasteiger partial charge is 0.491 e. The van der Waals surface area contributed by atoms with Gasteiger partial charge in [-0.05, 0) is 57.9 Å². The Kier molecular flexibility index (Phi) is 8.96. The van der Waals surface area contributed by atoms with Crippen LogP contribution in [0, 0.1) is 20.8 Å². The van der Waals surface area contributed by atoms with Gasteiger partial charge in [-0.2, -0.15) is 5.10 Å². The highest BCUT2D eigenvalue weighted by molar-refractivity contribution is 5.99. The summed E-state index contributed by atoms with van der Waals surface area (Å²) in [6.07, 6.45) is 5.37. The molecular weight excluding hydrogens is 596 g/mol. The van der Waals surface area contributed by atoms with Crippen LogP contribution in [0.15, 0.2) is 59.0 Å². The molecule has 0 aliphatic rings. The van der Waals surface area contributed by atoms with Crippen molar-refractivity contribution in [1.29, 1.82) is 0 Å². The standard InChI is InChI=1S/C34H39N10O3/c1-6-17-46-28-20-23(31(35)45)19-26-30(28)43(34(38-26)40-32-24(7-2)36-22(5)47-32)16-12-11-15-42-27-14-10-9-13-25(27)37-33(42)39-29-18-21(4)41-44(29)8-3/h9-14,18-20H,1,6-8,15-17H2,2-5H3,(H2,35,45)(H,37,39)(H,38,40)/b12-11+. The molecule has 0 spiro atoms. The third-order valence-electron chi connectivity index (χ3n) is 7.70. The van der Waals surface area contributed by atoms with Crippen LogP contribution in [0.25, 0.3) is 22.1 Å². The number of para-hydroxylation sites is 2. The number of aryl methyl sites for hydroxylation is 4. The number of hydrogen-bond acceptors (Lipinski definition) is 9. The molecule has 4 N–H and O–H groups in total. The van der Waals surface area contributed by atoms with Gasteiger partial charge in [0.25, 0.3) is 0 Å². The minimum atomic E-state index is -0.566. The van der Waals surface area contributed by atoms with E-state index in [1.807, 2.05) is 47.4 Å². The van der Waals surface area contributed by atoms with Gasteiger partial charge < -0.3 is 29.3 Å². The zero-order valence-corrected chi connectivity index (χ0v) is 27.1. The van der Waals surface area contributed by atoms with E-state index in [0.717, 1.165) is 40.7 Å². The van der Waals surface area contributed by atoms with Crippen molar-refractivity contribution in [3.05, 3.63) is 84.4 Å². The van der Waals surface area contributed by atoms with Gasteiger partial charge in [-0.25, -0.2) is 19.6 Å². The van der Waals surface area contributed by atoms with Crippen molar-refractivity contribution in [2.24, 2.45) is 5.73 Å². The fraction of sp³-hybridized carbons (Fsp3) is 0.294. The molecule has 1 amide bonds. The molecule has 0 bridgehead atoms. The lowest BCUT2D eigenvalue weighted by Crippen LogP contribution is -2.11. The number of primary amides is 1. The van der Waals surface area contributed by atoms with Gasteiger partial charge in [-0.1, -0.05) is 31.2 Å². The molecule has 0 fully saturated rings. The first-order chi connectivity index (χ1) is 22.8. The van der Waals surface area contributed by atoms with Gasteiger partial charge in [-0.15, -0.1) is 0 Å². The Balaban J connectivity index is 1.37. The topological polar surface area (TPSA) is 156 Å². The molecule has 13 nitrogen and oxygen atoms in total. The number of benzene rings is 2. The Morgan fingerprint density at radius 2 is 1.74 bits per heavy atom. The molecule has 4 aromatic heterocycles. The Hall–Kier alpha value is -5.59. The fourth-order valence-electron chi connectivity index (χ4n) is 5.56. The minimum absolute atomic E-state index is 0.305. The summed E-state index contributed by atoms with van der Waals surface area (Å²) in [6.45, 7) is 13.8. The molecule has 0 saturated heterocycles. The van der Waals surface area contributed by atoms with E-state index in [9.17, 15) is 4.79 Å². The summed E-state index contributed by atoms with van der Waals surface area (Å²) in [5.41, 5.74) is 10.9. The molecule has 0 saturated carbocycles. The van der Waals surface area contributed by atoms with Crippen molar-refractivity contribution < 1.29 is 13.9 Å². The number of nitrogens with two attached hydrogens (primary N) is 1. The number of nitrogens with one attached hydrogen (secondary N) is 2. The lowest BCUT2D eigenvalue weighted by Gasteiger charge is -2.12. The number of anilines is 4. The number of carbonyl (C=O) groups excluding carboxylic acids is 1. The van der Waals surface area contributed by atoms with Crippen molar-refractivity contribution in [3.8, 4) is 5.75 Å². The average molecular weight is 636 g/mol. The van der Waals surface area contributed by atoms with Gasteiger partial charge in [0, 0.05) is 38.2 Å². The number of oxazole rings is 1. The predicted octanol–water partition coefficient (Wildman–Crippen LogP) is 6.22.